The van der Waals surface area contributed by atoms with Gasteiger partial charge >= 0.3 is 0 Å². The van der Waals surface area contributed by atoms with Crippen LogP contribution in [-0.4, -0.2) is 37.5 Å². The Morgan fingerprint density at radius 3 is 2.74 bits per heavy atom. The average Bonchev–Trinajstić information content (AvgIpc) is 3.47. The number of thioether (sulfide) groups is 1. The Bertz CT molecular complexity index is 1360. The van der Waals surface area contributed by atoms with Crippen molar-refractivity contribution in [1.29, 1.82) is 5.26 Å². The van der Waals surface area contributed by atoms with Gasteiger partial charge in [-0.1, -0.05) is 47.7 Å². The number of aromatic amines is 1. The number of nitrogens with one attached hydrogen (secondary N) is 1. The van der Waals surface area contributed by atoms with Crippen LogP contribution in [0.25, 0.3) is 22.3 Å². The van der Waals surface area contributed by atoms with Crippen molar-refractivity contribution in [1.82, 2.24) is 19.7 Å². The first-order valence-electron chi connectivity index (χ1n) is 11.5. The maximum absolute atomic E-state index is 13.5. The predicted molar refractivity (Wildman–Crippen MR) is 135 cm³/mol. The fraction of sp³-hybridized carbons (Fsp3) is 0.308. The number of rotatable bonds is 8. The van der Waals surface area contributed by atoms with Crippen LogP contribution in [0.3, 0.4) is 0 Å². The lowest BCUT2D eigenvalue weighted by Gasteiger charge is -2.25. The van der Waals surface area contributed by atoms with Gasteiger partial charge in [-0.2, -0.15) is 5.26 Å². The van der Waals surface area contributed by atoms with Crippen molar-refractivity contribution in [2.24, 2.45) is 0 Å². The maximum atomic E-state index is 13.5. The van der Waals surface area contributed by atoms with Crippen LogP contribution in [0, 0.1) is 18.3 Å². The van der Waals surface area contributed by atoms with Crippen LogP contribution in [0.2, 0.25) is 0 Å². The summed E-state index contributed by atoms with van der Waals surface area (Å²) in [6.45, 7) is 4.27. The Morgan fingerprint density at radius 1 is 1.24 bits per heavy atom. The summed E-state index contributed by atoms with van der Waals surface area (Å²) < 4.78 is 2.19. The second kappa shape index (κ2) is 9.35. The summed E-state index contributed by atoms with van der Waals surface area (Å²) in [5, 5.41) is 19.7. The third-order valence-corrected chi connectivity index (χ3v) is 7.14. The van der Waals surface area contributed by atoms with Crippen molar-refractivity contribution in [2.75, 3.05) is 11.4 Å². The van der Waals surface area contributed by atoms with Gasteiger partial charge in [-0.25, -0.2) is 0 Å². The molecule has 7 nitrogen and oxygen atoms in total. The van der Waals surface area contributed by atoms with Crippen molar-refractivity contribution < 1.29 is 4.79 Å². The van der Waals surface area contributed by atoms with Gasteiger partial charge in [0.2, 0.25) is 5.91 Å². The number of hydrogen-bond acceptors (Lipinski definition) is 5. The van der Waals surface area contributed by atoms with Crippen molar-refractivity contribution in [3.63, 3.8) is 0 Å². The predicted octanol–water partition coefficient (Wildman–Crippen LogP) is 5.50. The molecule has 8 heteroatoms. The molecule has 0 spiro atoms. The van der Waals surface area contributed by atoms with E-state index in [-0.39, 0.29) is 17.6 Å². The zero-order chi connectivity index (χ0) is 23.7. The number of para-hydroxylation sites is 1. The zero-order valence-electron chi connectivity index (χ0n) is 19.2. The summed E-state index contributed by atoms with van der Waals surface area (Å²) in [7, 11) is 0. The van der Waals surface area contributed by atoms with Gasteiger partial charge < -0.3 is 9.88 Å². The molecule has 1 N–H and O–H groups in total. The fourth-order valence-corrected chi connectivity index (χ4v) is 5.12. The Labute approximate surface area is 202 Å². The third kappa shape index (κ3) is 4.31. The van der Waals surface area contributed by atoms with E-state index >= 15 is 0 Å². The van der Waals surface area contributed by atoms with Gasteiger partial charge in [0.1, 0.15) is 0 Å². The molecule has 0 radical (unpaired) electrons. The Hall–Kier alpha value is -3.57. The lowest BCUT2D eigenvalue weighted by Crippen LogP contribution is -2.37. The molecule has 2 heterocycles. The van der Waals surface area contributed by atoms with Gasteiger partial charge in [0.15, 0.2) is 11.0 Å². The van der Waals surface area contributed by atoms with E-state index in [1.165, 1.54) is 11.8 Å². The lowest BCUT2D eigenvalue weighted by atomic mass is 10.1. The Morgan fingerprint density at radius 2 is 2.00 bits per heavy atom. The molecular weight excluding hydrogens is 444 g/mol. The SMILES string of the molecule is Cc1ccc(N(CCC#N)C(=O)C(C)Sc2nnc(-c3c[nH]c4ccccc34)n2C2CC2)cc1. The first kappa shape index (κ1) is 22.2. The highest BCUT2D eigenvalue weighted by Crippen LogP contribution is 2.43. The van der Waals surface area contributed by atoms with Gasteiger partial charge in [-0.3, -0.25) is 9.36 Å². The van der Waals surface area contributed by atoms with Crippen LogP contribution in [0.5, 0.6) is 0 Å². The van der Waals surface area contributed by atoms with Crippen LogP contribution >= 0.6 is 11.8 Å². The molecule has 1 aliphatic rings. The molecule has 172 valence electrons. The number of anilines is 1. The highest BCUT2D eigenvalue weighted by Gasteiger charge is 2.33. The van der Waals surface area contributed by atoms with Gasteiger partial charge in [0.25, 0.3) is 0 Å². The second-order valence-electron chi connectivity index (χ2n) is 8.65. The molecule has 0 bridgehead atoms. The number of nitriles is 1. The van der Waals surface area contributed by atoms with Crippen LogP contribution in [-0.2, 0) is 4.79 Å². The number of aryl methyl sites for hydroxylation is 1. The first-order chi connectivity index (χ1) is 16.6. The molecule has 1 aliphatic carbocycles. The minimum atomic E-state index is -0.377. The number of amides is 1. The highest BCUT2D eigenvalue weighted by molar-refractivity contribution is 8.00. The minimum Gasteiger partial charge on any atom is -0.360 e. The number of carbonyl (C=O) groups excluding carboxylic acids is 1. The maximum Gasteiger partial charge on any atom is 0.240 e. The molecule has 1 atom stereocenters. The van der Waals surface area contributed by atoms with E-state index in [1.54, 1.807) is 4.90 Å². The van der Waals surface area contributed by atoms with Crippen molar-refractivity contribution in [2.45, 2.75) is 49.6 Å². The molecule has 1 amide bonds. The number of fused-ring (bicyclic) bond motifs is 1. The molecule has 5 rings (SSSR count). The molecule has 2 aromatic carbocycles. The molecule has 0 aliphatic heterocycles. The highest BCUT2D eigenvalue weighted by atomic mass is 32.2. The topological polar surface area (TPSA) is 90.6 Å². The molecule has 1 unspecified atom stereocenters. The smallest absolute Gasteiger partial charge is 0.240 e. The summed E-state index contributed by atoms with van der Waals surface area (Å²) in [6.07, 6.45) is 4.43. The number of aromatic nitrogens is 4. The molecule has 2 aromatic heterocycles. The zero-order valence-corrected chi connectivity index (χ0v) is 20.0. The molecule has 1 fully saturated rings. The van der Waals surface area contributed by atoms with Crippen molar-refractivity contribution >= 4 is 34.3 Å². The van der Waals surface area contributed by atoms with Crippen LogP contribution in [0.4, 0.5) is 5.69 Å². The third-order valence-electron chi connectivity index (χ3n) is 6.10. The molecule has 34 heavy (non-hydrogen) atoms. The monoisotopic (exact) mass is 470 g/mol. The van der Waals surface area contributed by atoms with E-state index in [9.17, 15) is 4.79 Å². The largest absolute Gasteiger partial charge is 0.360 e. The van der Waals surface area contributed by atoms with Crippen molar-refractivity contribution in [3.05, 3.63) is 60.3 Å². The number of nitrogens with zero attached hydrogens (tertiary/aromatic N) is 5. The Kier molecular flexibility index (Phi) is 6.12. The second-order valence-corrected chi connectivity index (χ2v) is 9.96. The van der Waals surface area contributed by atoms with Crippen LogP contribution in [0.1, 0.15) is 37.8 Å². The molecule has 1 saturated carbocycles. The summed E-state index contributed by atoms with van der Waals surface area (Å²) >= 11 is 1.43. The van der Waals surface area contributed by atoms with E-state index in [1.807, 2.05) is 62.5 Å². The summed E-state index contributed by atoms with van der Waals surface area (Å²) in [4.78, 5) is 18.5. The van der Waals surface area contributed by atoms with Gasteiger partial charge in [0.05, 0.1) is 17.7 Å². The van der Waals surface area contributed by atoms with E-state index < -0.39 is 0 Å². The average molecular weight is 471 g/mol. The van der Waals surface area contributed by atoms with Gasteiger partial charge in [-0.15, -0.1) is 10.2 Å². The minimum absolute atomic E-state index is 0.0388. The molecule has 0 saturated heterocycles. The van der Waals surface area contributed by atoms with E-state index in [0.29, 0.717) is 12.6 Å². The first-order valence-corrected chi connectivity index (χ1v) is 12.4. The van der Waals surface area contributed by atoms with E-state index in [0.717, 1.165) is 51.5 Å². The van der Waals surface area contributed by atoms with E-state index in [2.05, 4.69) is 31.9 Å². The Balaban J connectivity index is 1.43. The number of benzene rings is 2. The lowest BCUT2D eigenvalue weighted by molar-refractivity contribution is -0.117. The number of hydrogen-bond donors (Lipinski definition) is 1. The summed E-state index contributed by atoms with van der Waals surface area (Å²) in [6, 6.07) is 18.5. The number of carbonyl (C=O) groups is 1. The van der Waals surface area contributed by atoms with Gasteiger partial charge in [-0.05, 0) is 44.9 Å². The van der Waals surface area contributed by atoms with Gasteiger partial charge in [0, 0.05) is 40.9 Å². The summed E-state index contributed by atoms with van der Waals surface area (Å²) in [5.41, 5.74) is 4.02. The van der Waals surface area contributed by atoms with Crippen LogP contribution < -0.4 is 4.90 Å². The standard InChI is InChI=1S/C26H26N6OS/c1-17-8-10-19(11-9-17)31(15-5-14-27)25(33)18(2)34-26-30-29-24(32(26)20-12-13-20)22-16-28-23-7-4-3-6-21(22)23/h3-4,6-11,16,18,20,28H,5,12-13,15H2,1-2H3. The van der Waals surface area contributed by atoms with E-state index in [4.69, 9.17) is 5.26 Å². The van der Waals surface area contributed by atoms with Crippen molar-refractivity contribution in [3.8, 4) is 17.5 Å². The van der Waals surface area contributed by atoms with Crippen LogP contribution in [0.15, 0.2) is 59.9 Å². The fourth-order valence-electron chi connectivity index (χ4n) is 4.14. The molecule has 4 aromatic rings. The normalized spacial score (nSPS) is 14.1. The molecular formula is C26H26N6OS. The number of H-pyrrole nitrogens is 1. The summed E-state index contributed by atoms with van der Waals surface area (Å²) in [5.74, 6) is 0.796. The quantitative estimate of drug-likeness (QED) is 0.344.